The van der Waals surface area contributed by atoms with E-state index in [1.807, 2.05) is 32.0 Å². The predicted octanol–water partition coefficient (Wildman–Crippen LogP) is 1.54. The lowest BCUT2D eigenvalue weighted by Crippen LogP contribution is -2.33. The van der Waals surface area contributed by atoms with E-state index in [-0.39, 0.29) is 12.6 Å². The summed E-state index contributed by atoms with van der Waals surface area (Å²) in [7, 11) is 1.53. The van der Waals surface area contributed by atoms with E-state index in [9.17, 15) is 5.11 Å². The summed E-state index contributed by atoms with van der Waals surface area (Å²) in [6, 6.07) is 5.54. The molecule has 0 saturated heterocycles. The quantitative estimate of drug-likeness (QED) is 0.666. The molecule has 0 heterocycles. The summed E-state index contributed by atoms with van der Waals surface area (Å²) in [5.74, 6) is 1.61. The second-order valence-electron chi connectivity index (χ2n) is 4.04. The van der Waals surface area contributed by atoms with Gasteiger partial charge in [-0.3, -0.25) is 0 Å². The Bertz CT molecular complexity index is 370. The number of hydroxylamine groups is 1. The number of benzene rings is 1. The topological polar surface area (TPSA) is 60.0 Å². The highest BCUT2D eigenvalue weighted by molar-refractivity contribution is 5.40. The Morgan fingerprint density at radius 2 is 1.95 bits per heavy atom. The SMILES string of the molecule is CCOc1ccc(OCC)c(C[C@@H](CO)NOC)c1. The molecule has 0 amide bonds. The highest BCUT2D eigenvalue weighted by Gasteiger charge is 2.13. The first kappa shape index (κ1) is 15.8. The van der Waals surface area contributed by atoms with E-state index in [0.717, 1.165) is 17.1 Å². The lowest BCUT2D eigenvalue weighted by atomic mass is 10.1. The predicted molar refractivity (Wildman–Crippen MR) is 73.5 cm³/mol. The van der Waals surface area contributed by atoms with Crippen molar-refractivity contribution >= 4 is 0 Å². The molecule has 108 valence electrons. The first-order valence-corrected chi connectivity index (χ1v) is 6.53. The van der Waals surface area contributed by atoms with Crippen LogP contribution in [0.15, 0.2) is 18.2 Å². The van der Waals surface area contributed by atoms with E-state index >= 15 is 0 Å². The van der Waals surface area contributed by atoms with Crippen LogP contribution in [0.25, 0.3) is 0 Å². The van der Waals surface area contributed by atoms with Gasteiger partial charge in [-0.15, -0.1) is 0 Å². The smallest absolute Gasteiger partial charge is 0.122 e. The molecule has 0 bridgehead atoms. The first-order valence-electron chi connectivity index (χ1n) is 6.53. The molecule has 0 aliphatic carbocycles. The Morgan fingerprint density at radius 3 is 2.53 bits per heavy atom. The molecule has 2 N–H and O–H groups in total. The van der Waals surface area contributed by atoms with Crippen LogP contribution >= 0.6 is 0 Å². The first-order chi connectivity index (χ1) is 9.24. The van der Waals surface area contributed by atoms with Crippen molar-refractivity contribution in [1.29, 1.82) is 0 Å². The van der Waals surface area contributed by atoms with Crippen LogP contribution in [0.3, 0.4) is 0 Å². The Balaban J connectivity index is 2.88. The largest absolute Gasteiger partial charge is 0.494 e. The van der Waals surface area contributed by atoms with Gasteiger partial charge in [0.2, 0.25) is 0 Å². The molecule has 1 aromatic carbocycles. The van der Waals surface area contributed by atoms with E-state index in [1.165, 1.54) is 7.11 Å². The van der Waals surface area contributed by atoms with Crippen molar-refractivity contribution < 1.29 is 19.4 Å². The van der Waals surface area contributed by atoms with Crippen molar-refractivity contribution in [3.05, 3.63) is 23.8 Å². The Morgan fingerprint density at radius 1 is 1.21 bits per heavy atom. The van der Waals surface area contributed by atoms with Crippen molar-refractivity contribution in [2.45, 2.75) is 26.3 Å². The van der Waals surface area contributed by atoms with E-state index in [4.69, 9.17) is 14.3 Å². The Labute approximate surface area is 114 Å². The third-order valence-electron chi connectivity index (χ3n) is 2.61. The van der Waals surface area contributed by atoms with Crippen molar-refractivity contribution in [3.63, 3.8) is 0 Å². The number of ether oxygens (including phenoxy) is 2. The van der Waals surface area contributed by atoms with Gasteiger partial charge in [-0.05, 0) is 44.0 Å². The molecular formula is C14H23NO4. The van der Waals surface area contributed by atoms with Crippen LogP contribution in [-0.2, 0) is 11.3 Å². The van der Waals surface area contributed by atoms with Crippen molar-refractivity contribution in [1.82, 2.24) is 5.48 Å². The molecule has 1 rings (SSSR count). The van der Waals surface area contributed by atoms with Gasteiger partial charge in [0.25, 0.3) is 0 Å². The molecule has 1 aromatic rings. The number of aliphatic hydroxyl groups excluding tert-OH is 1. The Hall–Kier alpha value is -1.30. The van der Waals surface area contributed by atoms with Crippen LogP contribution in [0, 0.1) is 0 Å². The zero-order valence-electron chi connectivity index (χ0n) is 11.8. The van der Waals surface area contributed by atoms with E-state index in [0.29, 0.717) is 19.6 Å². The fourth-order valence-electron chi connectivity index (χ4n) is 1.84. The summed E-state index contributed by atoms with van der Waals surface area (Å²) in [5.41, 5.74) is 3.74. The molecule has 5 nitrogen and oxygen atoms in total. The molecule has 0 aliphatic heterocycles. The average molecular weight is 269 g/mol. The fourth-order valence-corrected chi connectivity index (χ4v) is 1.84. The zero-order chi connectivity index (χ0) is 14.1. The highest BCUT2D eigenvalue weighted by atomic mass is 16.6. The molecule has 0 fully saturated rings. The minimum atomic E-state index is -0.180. The van der Waals surface area contributed by atoms with Gasteiger partial charge in [0.15, 0.2) is 0 Å². The van der Waals surface area contributed by atoms with Crippen LogP contribution in [0.2, 0.25) is 0 Å². The lowest BCUT2D eigenvalue weighted by molar-refractivity contribution is 0.0400. The number of nitrogens with one attached hydrogen (secondary N) is 1. The highest BCUT2D eigenvalue weighted by Crippen LogP contribution is 2.25. The van der Waals surface area contributed by atoms with Gasteiger partial charge in [-0.25, -0.2) is 0 Å². The van der Waals surface area contributed by atoms with Crippen LogP contribution in [0.5, 0.6) is 11.5 Å². The maximum atomic E-state index is 9.30. The number of rotatable bonds is 9. The molecule has 0 radical (unpaired) electrons. The van der Waals surface area contributed by atoms with Crippen LogP contribution in [0.4, 0.5) is 0 Å². The molecule has 0 aliphatic rings. The third-order valence-corrected chi connectivity index (χ3v) is 2.61. The van der Waals surface area contributed by atoms with Crippen LogP contribution in [-0.4, -0.2) is 38.1 Å². The average Bonchev–Trinajstić information content (AvgIpc) is 2.41. The molecular weight excluding hydrogens is 246 g/mol. The zero-order valence-corrected chi connectivity index (χ0v) is 11.8. The molecule has 0 aromatic heterocycles. The standard InChI is InChI=1S/C14H23NO4/c1-4-18-13-6-7-14(19-5-2)11(9-13)8-12(10-16)15-17-3/h6-7,9,12,15-16H,4-5,8,10H2,1-3H3/t12-/m0/s1. The fraction of sp³-hybridized carbons (Fsp3) is 0.571. The van der Waals surface area contributed by atoms with Gasteiger partial charge < -0.3 is 19.4 Å². The molecule has 0 saturated carbocycles. The summed E-state index contributed by atoms with van der Waals surface area (Å²) in [6.07, 6.45) is 0.598. The Kier molecular flexibility index (Phi) is 7.25. The van der Waals surface area contributed by atoms with E-state index in [1.54, 1.807) is 0 Å². The van der Waals surface area contributed by atoms with Crippen LogP contribution in [0.1, 0.15) is 19.4 Å². The summed E-state index contributed by atoms with van der Waals surface area (Å²) in [6.45, 7) is 5.09. The summed E-state index contributed by atoms with van der Waals surface area (Å²) >= 11 is 0. The molecule has 0 unspecified atom stereocenters. The van der Waals surface area contributed by atoms with Gasteiger partial charge in [-0.2, -0.15) is 5.48 Å². The third kappa shape index (κ3) is 5.06. The van der Waals surface area contributed by atoms with E-state index in [2.05, 4.69) is 5.48 Å². The second kappa shape index (κ2) is 8.74. The molecule has 1 atom stereocenters. The number of aliphatic hydroxyl groups is 1. The van der Waals surface area contributed by atoms with Crippen molar-refractivity contribution in [2.75, 3.05) is 26.9 Å². The molecule has 5 heteroatoms. The maximum absolute atomic E-state index is 9.30. The summed E-state index contributed by atoms with van der Waals surface area (Å²) in [5, 5.41) is 9.30. The van der Waals surface area contributed by atoms with Gasteiger partial charge in [0, 0.05) is 0 Å². The van der Waals surface area contributed by atoms with Gasteiger partial charge in [-0.1, -0.05) is 0 Å². The van der Waals surface area contributed by atoms with Gasteiger partial charge >= 0.3 is 0 Å². The summed E-state index contributed by atoms with van der Waals surface area (Å²) in [4.78, 5) is 4.86. The van der Waals surface area contributed by atoms with Crippen molar-refractivity contribution in [3.8, 4) is 11.5 Å². The van der Waals surface area contributed by atoms with Gasteiger partial charge in [0.1, 0.15) is 11.5 Å². The monoisotopic (exact) mass is 269 g/mol. The lowest BCUT2D eigenvalue weighted by Gasteiger charge is -2.18. The molecule has 0 spiro atoms. The van der Waals surface area contributed by atoms with E-state index < -0.39 is 0 Å². The van der Waals surface area contributed by atoms with Crippen molar-refractivity contribution in [2.24, 2.45) is 0 Å². The second-order valence-corrected chi connectivity index (χ2v) is 4.04. The van der Waals surface area contributed by atoms with Crippen LogP contribution < -0.4 is 15.0 Å². The maximum Gasteiger partial charge on any atom is 0.122 e. The number of hydrogen-bond donors (Lipinski definition) is 2. The number of hydrogen-bond acceptors (Lipinski definition) is 5. The summed E-state index contributed by atoms with van der Waals surface area (Å²) < 4.78 is 11.1. The minimum absolute atomic E-state index is 0.0156. The normalized spacial score (nSPS) is 12.2. The van der Waals surface area contributed by atoms with Gasteiger partial charge in [0.05, 0.1) is 33.0 Å². The molecule has 19 heavy (non-hydrogen) atoms. The minimum Gasteiger partial charge on any atom is -0.494 e.